The molecular formula is C11H15BrO2. The molecule has 0 aromatic carbocycles. The molecule has 1 aliphatic rings. The number of hydrogen-bond acceptors (Lipinski definition) is 2. The summed E-state index contributed by atoms with van der Waals surface area (Å²) < 4.78 is 6.16. The topological polar surface area (TPSA) is 26.3 Å². The maximum Gasteiger partial charge on any atom is 0.312 e. The molecule has 1 rings (SSSR count). The Bertz CT molecular complexity index is 279. The van der Waals surface area contributed by atoms with Crippen LogP contribution in [-0.4, -0.2) is 12.6 Å². The number of ether oxygens (including phenoxy) is 1. The highest BCUT2D eigenvalue weighted by Crippen LogP contribution is 2.27. The van der Waals surface area contributed by atoms with Gasteiger partial charge in [0, 0.05) is 0 Å². The molecule has 0 fully saturated rings. The number of allylic oxidation sites excluding steroid dienone is 3. The second-order valence-electron chi connectivity index (χ2n) is 3.33. The van der Waals surface area contributed by atoms with Gasteiger partial charge in [-0.05, 0) is 31.2 Å². The van der Waals surface area contributed by atoms with E-state index in [1.807, 2.05) is 26.0 Å². The van der Waals surface area contributed by atoms with Crippen LogP contribution < -0.4 is 0 Å². The van der Waals surface area contributed by atoms with E-state index >= 15 is 0 Å². The number of hydrogen-bond donors (Lipinski definition) is 0. The Hall–Kier alpha value is -0.570. The van der Waals surface area contributed by atoms with Crippen molar-refractivity contribution in [1.29, 1.82) is 0 Å². The molecule has 3 heteroatoms. The molecule has 0 aliphatic heterocycles. The first-order chi connectivity index (χ1) is 6.65. The molecule has 1 unspecified atom stereocenters. The van der Waals surface area contributed by atoms with Gasteiger partial charge in [-0.25, -0.2) is 0 Å². The van der Waals surface area contributed by atoms with Gasteiger partial charge in [-0.1, -0.05) is 33.7 Å². The minimum Gasteiger partial charge on any atom is -0.466 e. The standard InChI is InChI=1S/C11H15BrO2/c1-3-14-11(13)8(2)9-4-6-10(12)7-5-9/h4,6,8H,3,5,7H2,1-2H3. The molecule has 0 saturated carbocycles. The van der Waals surface area contributed by atoms with E-state index in [1.165, 1.54) is 4.48 Å². The Kier molecular flexibility index (Phi) is 4.39. The summed E-state index contributed by atoms with van der Waals surface area (Å²) in [6.45, 7) is 4.18. The summed E-state index contributed by atoms with van der Waals surface area (Å²) in [6, 6.07) is 0. The zero-order valence-electron chi connectivity index (χ0n) is 8.55. The summed E-state index contributed by atoms with van der Waals surface area (Å²) >= 11 is 3.43. The summed E-state index contributed by atoms with van der Waals surface area (Å²) in [5.74, 6) is -0.225. The molecule has 0 amide bonds. The van der Waals surface area contributed by atoms with Crippen molar-refractivity contribution >= 4 is 21.9 Å². The Labute approximate surface area is 93.1 Å². The summed E-state index contributed by atoms with van der Waals surface area (Å²) in [6.07, 6.45) is 5.94. The van der Waals surface area contributed by atoms with E-state index in [0.29, 0.717) is 6.61 Å². The molecular weight excluding hydrogens is 244 g/mol. The van der Waals surface area contributed by atoms with Crippen LogP contribution in [-0.2, 0) is 9.53 Å². The second-order valence-corrected chi connectivity index (χ2v) is 4.35. The van der Waals surface area contributed by atoms with Crippen LogP contribution in [0.1, 0.15) is 26.7 Å². The molecule has 1 atom stereocenters. The van der Waals surface area contributed by atoms with Crippen LogP contribution in [0.3, 0.4) is 0 Å². The van der Waals surface area contributed by atoms with E-state index in [0.717, 1.165) is 18.4 Å². The summed E-state index contributed by atoms with van der Waals surface area (Å²) in [7, 11) is 0. The first-order valence-electron chi connectivity index (χ1n) is 4.87. The molecule has 0 radical (unpaired) electrons. The minimum atomic E-state index is -0.120. The van der Waals surface area contributed by atoms with Crippen molar-refractivity contribution in [3.8, 4) is 0 Å². The third kappa shape index (κ3) is 2.98. The normalized spacial score (nSPS) is 18.2. The number of carbonyl (C=O) groups is 1. The SMILES string of the molecule is CCOC(=O)C(C)C1=CC=C(Br)CC1. The van der Waals surface area contributed by atoms with Gasteiger partial charge in [0.1, 0.15) is 0 Å². The smallest absolute Gasteiger partial charge is 0.312 e. The maximum absolute atomic E-state index is 11.4. The van der Waals surface area contributed by atoms with E-state index in [4.69, 9.17) is 4.74 Å². The van der Waals surface area contributed by atoms with E-state index < -0.39 is 0 Å². The van der Waals surface area contributed by atoms with Gasteiger partial charge >= 0.3 is 5.97 Å². The van der Waals surface area contributed by atoms with Crippen molar-refractivity contribution in [2.45, 2.75) is 26.7 Å². The van der Waals surface area contributed by atoms with Crippen molar-refractivity contribution in [2.24, 2.45) is 5.92 Å². The molecule has 0 spiro atoms. The summed E-state index contributed by atoms with van der Waals surface area (Å²) in [5, 5.41) is 0. The highest BCUT2D eigenvalue weighted by Gasteiger charge is 2.19. The lowest BCUT2D eigenvalue weighted by Gasteiger charge is -2.16. The molecule has 0 aromatic rings. The maximum atomic E-state index is 11.4. The number of rotatable bonds is 3. The van der Waals surface area contributed by atoms with Crippen molar-refractivity contribution in [3.05, 3.63) is 22.2 Å². The first kappa shape index (κ1) is 11.5. The third-order valence-corrected chi connectivity index (χ3v) is 2.99. The van der Waals surface area contributed by atoms with Gasteiger partial charge in [0.15, 0.2) is 0 Å². The van der Waals surface area contributed by atoms with Gasteiger partial charge in [0.05, 0.1) is 12.5 Å². The molecule has 78 valence electrons. The van der Waals surface area contributed by atoms with Gasteiger partial charge in [-0.3, -0.25) is 4.79 Å². The zero-order chi connectivity index (χ0) is 10.6. The van der Waals surface area contributed by atoms with Crippen LogP contribution in [0.5, 0.6) is 0 Å². The van der Waals surface area contributed by atoms with Gasteiger partial charge < -0.3 is 4.74 Å². The highest BCUT2D eigenvalue weighted by atomic mass is 79.9. The lowest BCUT2D eigenvalue weighted by molar-refractivity contribution is -0.146. The summed E-state index contributed by atoms with van der Waals surface area (Å²) in [5.41, 5.74) is 1.16. The van der Waals surface area contributed by atoms with Gasteiger partial charge in [-0.2, -0.15) is 0 Å². The van der Waals surface area contributed by atoms with E-state index in [-0.39, 0.29) is 11.9 Å². The molecule has 0 saturated heterocycles. The fourth-order valence-corrected chi connectivity index (χ4v) is 1.74. The number of carbonyl (C=O) groups excluding carboxylic acids is 1. The Balaban J connectivity index is 2.61. The second kappa shape index (κ2) is 5.35. The molecule has 14 heavy (non-hydrogen) atoms. The van der Waals surface area contributed by atoms with Crippen molar-refractivity contribution in [1.82, 2.24) is 0 Å². The monoisotopic (exact) mass is 258 g/mol. The fourth-order valence-electron chi connectivity index (χ4n) is 1.41. The Morgan fingerprint density at radius 1 is 1.57 bits per heavy atom. The van der Waals surface area contributed by atoms with Crippen LogP contribution >= 0.6 is 15.9 Å². The lowest BCUT2D eigenvalue weighted by Crippen LogP contribution is -2.17. The van der Waals surface area contributed by atoms with E-state index in [1.54, 1.807) is 0 Å². The molecule has 0 bridgehead atoms. The van der Waals surface area contributed by atoms with Crippen molar-refractivity contribution in [3.63, 3.8) is 0 Å². The average molecular weight is 259 g/mol. The summed E-state index contributed by atoms with van der Waals surface area (Å²) in [4.78, 5) is 11.4. The Morgan fingerprint density at radius 2 is 2.29 bits per heavy atom. The minimum absolute atomic E-state index is 0.105. The Morgan fingerprint density at radius 3 is 2.79 bits per heavy atom. The predicted molar refractivity (Wildman–Crippen MR) is 60.1 cm³/mol. The quantitative estimate of drug-likeness (QED) is 0.727. The third-order valence-electron chi connectivity index (χ3n) is 2.33. The molecule has 2 nitrogen and oxygen atoms in total. The molecule has 0 heterocycles. The van der Waals surface area contributed by atoms with Crippen LogP contribution in [0.4, 0.5) is 0 Å². The predicted octanol–water partition coefficient (Wildman–Crippen LogP) is 3.18. The van der Waals surface area contributed by atoms with Gasteiger partial charge in [0.25, 0.3) is 0 Å². The number of esters is 1. The molecule has 0 N–H and O–H groups in total. The first-order valence-corrected chi connectivity index (χ1v) is 5.66. The van der Waals surface area contributed by atoms with Crippen molar-refractivity contribution < 1.29 is 9.53 Å². The average Bonchev–Trinajstić information content (AvgIpc) is 2.18. The van der Waals surface area contributed by atoms with Gasteiger partial charge in [0.2, 0.25) is 0 Å². The van der Waals surface area contributed by atoms with Gasteiger partial charge in [-0.15, -0.1) is 0 Å². The lowest BCUT2D eigenvalue weighted by atomic mass is 9.93. The van der Waals surface area contributed by atoms with Crippen molar-refractivity contribution in [2.75, 3.05) is 6.61 Å². The van der Waals surface area contributed by atoms with E-state index in [9.17, 15) is 4.79 Å². The molecule has 0 aromatic heterocycles. The van der Waals surface area contributed by atoms with Crippen LogP contribution in [0.2, 0.25) is 0 Å². The van der Waals surface area contributed by atoms with Crippen LogP contribution in [0.15, 0.2) is 22.2 Å². The highest BCUT2D eigenvalue weighted by molar-refractivity contribution is 9.11. The van der Waals surface area contributed by atoms with E-state index in [2.05, 4.69) is 15.9 Å². The molecule has 1 aliphatic carbocycles. The number of halogens is 1. The largest absolute Gasteiger partial charge is 0.466 e. The zero-order valence-corrected chi connectivity index (χ0v) is 10.1. The van der Waals surface area contributed by atoms with Crippen LogP contribution in [0.25, 0.3) is 0 Å². The fraction of sp³-hybridized carbons (Fsp3) is 0.545. The van der Waals surface area contributed by atoms with Crippen LogP contribution in [0, 0.1) is 5.92 Å².